The number of phosphoric acid groups is 1. The van der Waals surface area contributed by atoms with Crippen LogP contribution in [0.5, 0.6) is 0 Å². The normalized spacial score (nSPS) is 14.7. The van der Waals surface area contributed by atoms with Crippen molar-refractivity contribution in [3.63, 3.8) is 0 Å². The lowest BCUT2D eigenvalue weighted by molar-refractivity contribution is 0.122. The van der Waals surface area contributed by atoms with Gasteiger partial charge >= 0.3 is 7.82 Å². The Bertz CT molecular complexity index is 153. The summed E-state index contributed by atoms with van der Waals surface area (Å²) in [6.07, 6.45) is 3.02. The van der Waals surface area contributed by atoms with E-state index in [0.29, 0.717) is 6.42 Å². The Labute approximate surface area is 73.2 Å². The summed E-state index contributed by atoms with van der Waals surface area (Å²) in [6, 6.07) is 0. The monoisotopic (exact) mass is 196 g/mol. The summed E-state index contributed by atoms with van der Waals surface area (Å²) in [7, 11) is -4.28. The van der Waals surface area contributed by atoms with E-state index in [4.69, 9.17) is 9.79 Å². The molecule has 0 bridgehead atoms. The number of rotatable bonds is 6. The van der Waals surface area contributed by atoms with Crippen molar-refractivity contribution >= 4 is 7.82 Å². The van der Waals surface area contributed by atoms with Gasteiger partial charge in [0.2, 0.25) is 0 Å². The fraction of sp³-hybridized carbons (Fsp3) is 1.00. The molecule has 2 N–H and O–H groups in total. The minimum absolute atomic E-state index is 0.300. The van der Waals surface area contributed by atoms with E-state index in [0.717, 1.165) is 19.3 Å². The largest absolute Gasteiger partial charge is 0.469 e. The molecule has 0 heterocycles. The SMILES string of the molecule is CCCC[C@H](CC)OP(=O)(O)O. The third-order valence-electron chi connectivity index (χ3n) is 1.62. The van der Waals surface area contributed by atoms with E-state index in [1.165, 1.54) is 0 Å². The molecule has 0 spiro atoms. The van der Waals surface area contributed by atoms with Crippen molar-refractivity contribution in [2.45, 2.75) is 45.6 Å². The molecule has 74 valence electrons. The van der Waals surface area contributed by atoms with E-state index < -0.39 is 7.82 Å². The number of hydrogen-bond acceptors (Lipinski definition) is 2. The molecule has 1 atom stereocenters. The molecule has 0 aliphatic carbocycles. The van der Waals surface area contributed by atoms with Gasteiger partial charge in [0.1, 0.15) is 0 Å². The van der Waals surface area contributed by atoms with Crippen molar-refractivity contribution in [2.75, 3.05) is 0 Å². The third kappa shape index (κ3) is 6.80. The van der Waals surface area contributed by atoms with Crippen LogP contribution >= 0.6 is 7.82 Å². The molecule has 0 radical (unpaired) electrons. The average Bonchev–Trinajstić information content (AvgIpc) is 1.95. The van der Waals surface area contributed by atoms with E-state index in [1.807, 2.05) is 13.8 Å². The summed E-state index contributed by atoms with van der Waals surface area (Å²) >= 11 is 0. The van der Waals surface area contributed by atoms with E-state index in [2.05, 4.69) is 4.52 Å². The van der Waals surface area contributed by atoms with Crippen molar-refractivity contribution in [3.8, 4) is 0 Å². The number of phosphoric ester groups is 1. The summed E-state index contributed by atoms with van der Waals surface area (Å²) in [5.74, 6) is 0. The minimum atomic E-state index is -4.28. The maximum absolute atomic E-state index is 10.4. The van der Waals surface area contributed by atoms with Crippen LogP contribution in [0.4, 0.5) is 0 Å². The second kappa shape index (κ2) is 5.70. The fourth-order valence-electron chi connectivity index (χ4n) is 0.957. The van der Waals surface area contributed by atoms with Gasteiger partial charge in [0.25, 0.3) is 0 Å². The van der Waals surface area contributed by atoms with Gasteiger partial charge in [0.15, 0.2) is 0 Å². The smallest absolute Gasteiger partial charge is 0.303 e. The van der Waals surface area contributed by atoms with Crippen LogP contribution in [0.3, 0.4) is 0 Å². The Morgan fingerprint density at radius 3 is 2.33 bits per heavy atom. The van der Waals surface area contributed by atoms with Crippen LogP contribution in [0.1, 0.15) is 39.5 Å². The Balaban J connectivity index is 3.75. The topological polar surface area (TPSA) is 66.8 Å². The summed E-state index contributed by atoms with van der Waals surface area (Å²) < 4.78 is 15.0. The Kier molecular flexibility index (Phi) is 5.76. The predicted molar refractivity (Wildman–Crippen MR) is 46.7 cm³/mol. The van der Waals surface area contributed by atoms with Crippen LogP contribution in [-0.2, 0) is 9.09 Å². The zero-order chi connectivity index (χ0) is 9.61. The maximum Gasteiger partial charge on any atom is 0.469 e. The summed E-state index contributed by atoms with van der Waals surface area (Å²) in [5.41, 5.74) is 0. The van der Waals surface area contributed by atoms with Gasteiger partial charge in [0, 0.05) is 0 Å². The van der Waals surface area contributed by atoms with E-state index >= 15 is 0 Å². The van der Waals surface area contributed by atoms with Crippen LogP contribution in [0.25, 0.3) is 0 Å². The zero-order valence-corrected chi connectivity index (χ0v) is 8.46. The van der Waals surface area contributed by atoms with E-state index in [9.17, 15) is 4.57 Å². The van der Waals surface area contributed by atoms with Crippen LogP contribution < -0.4 is 0 Å². The third-order valence-corrected chi connectivity index (χ3v) is 2.19. The highest BCUT2D eigenvalue weighted by Crippen LogP contribution is 2.39. The highest BCUT2D eigenvalue weighted by atomic mass is 31.2. The molecule has 0 fully saturated rings. The minimum Gasteiger partial charge on any atom is -0.303 e. The van der Waals surface area contributed by atoms with Crippen molar-refractivity contribution in [2.24, 2.45) is 0 Å². The van der Waals surface area contributed by atoms with Crippen molar-refractivity contribution in [1.82, 2.24) is 0 Å². The molecule has 0 saturated heterocycles. The molecule has 12 heavy (non-hydrogen) atoms. The van der Waals surface area contributed by atoms with Crippen LogP contribution in [0.15, 0.2) is 0 Å². The van der Waals surface area contributed by atoms with Crippen LogP contribution in [-0.4, -0.2) is 15.9 Å². The molecule has 0 amide bonds. The molecule has 0 aliphatic rings. The molecule has 4 nitrogen and oxygen atoms in total. The first-order valence-corrected chi connectivity index (χ1v) is 5.76. The molecular formula is C7H17O4P. The second-order valence-electron chi connectivity index (χ2n) is 2.77. The van der Waals surface area contributed by atoms with Crippen LogP contribution in [0.2, 0.25) is 0 Å². The highest BCUT2D eigenvalue weighted by Gasteiger charge is 2.19. The Morgan fingerprint density at radius 2 is 2.00 bits per heavy atom. The Morgan fingerprint density at radius 1 is 1.42 bits per heavy atom. The van der Waals surface area contributed by atoms with Crippen LogP contribution in [0, 0.1) is 0 Å². The molecule has 0 rings (SSSR count). The number of hydrogen-bond donors (Lipinski definition) is 2. The summed E-state index contributed by atoms with van der Waals surface area (Å²) in [6.45, 7) is 3.89. The lowest BCUT2D eigenvalue weighted by Crippen LogP contribution is -2.09. The Hall–Kier alpha value is 0.110. The van der Waals surface area contributed by atoms with Gasteiger partial charge in [-0.2, -0.15) is 0 Å². The van der Waals surface area contributed by atoms with Gasteiger partial charge in [-0.15, -0.1) is 0 Å². The lowest BCUT2D eigenvalue weighted by Gasteiger charge is -2.15. The predicted octanol–water partition coefficient (Wildman–Crippen LogP) is 2.06. The molecule has 5 heteroatoms. The van der Waals surface area contributed by atoms with Gasteiger partial charge in [0.05, 0.1) is 6.10 Å². The first-order chi connectivity index (χ1) is 5.49. The van der Waals surface area contributed by atoms with Crippen molar-refractivity contribution < 1.29 is 18.9 Å². The quantitative estimate of drug-likeness (QED) is 0.638. The highest BCUT2D eigenvalue weighted by molar-refractivity contribution is 7.46. The maximum atomic E-state index is 10.4. The molecule has 0 saturated carbocycles. The first-order valence-electron chi connectivity index (χ1n) is 4.23. The molecule has 0 unspecified atom stereocenters. The van der Waals surface area contributed by atoms with Gasteiger partial charge in [-0.1, -0.05) is 26.7 Å². The molecule has 0 aromatic rings. The summed E-state index contributed by atoms with van der Waals surface area (Å²) in [5, 5.41) is 0. The summed E-state index contributed by atoms with van der Waals surface area (Å²) in [4.78, 5) is 17.0. The average molecular weight is 196 g/mol. The molecule has 0 aromatic heterocycles. The van der Waals surface area contributed by atoms with Crippen molar-refractivity contribution in [3.05, 3.63) is 0 Å². The lowest BCUT2D eigenvalue weighted by atomic mass is 10.1. The molecule has 0 aliphatic heterocycles. The molecular weight excluding hydrogens is 179 g/mol. The first kappa shape index (κ1) is 12.1. The van der Waals surface area contributed by atoms with Gasteiger partial charge in [-0.3, -0.25) is 4.52 Å². The zero-order valence-electron chi connectivity index (χ0n) is 7.56. The van der Waals surface area contributed by atoms with E-state index in [1.54, 1.807) is 0 Å². The van der Waals surface area contributed by atoms with Gasteiger partial charge < -0.3 is 9.79 Å². The molecule has 0 aromatic carbocycles. The fourth-order valence-corrected chi connectivity index (χ4v) is 1.60. The van der Waals surface area contributed by atoms with Crippen molar-refractivity contribution in [1.29, 1.82) is 0 Å². The standard InChI is InChI=1S/C7H17O4P/c1-3-5-6-7(4-2)11-12(8,9)10/h7H,3-6H2,1-2H3,(H2,8,9,10)/t7-/m0/s1. The second-order valence-corrected chi connectivity index (χ2v) is 3.96. The van der Waals surface area contributed by atoms with E-state index in [-0.39, 0.29) is 6.10 Å². The number of unbranched alkanes of at least 4 members (excludes halogenated alkanes) is 1. The van der Waals surface area contributed by atoms with Gasteiger partial charge in [-0.05, 0) is 12.8 Å². The van der Waals surface area contributed by atoms with Gasteiger partial charge in [-0.25, -0.2) is 4.57 Å².